The second kappa shape index (κ2) is 10.8. The quantitative estimate of drug-likeness (QED) is 0.172. The van der Waals surface area contributed by atoms with Crippen molar-refractivity contribution in [2.75, 3.05) is 55.4 Å². The van der Waals surface area contributed by atoms with Gasteiger partial charge in [0, 0.05) is 6.42 Å². The average molecular weight is 430 g/mol. The lowest BCUT2D eigenvalue weighted by Gasteiger charge is -2.31. The molecule has 0 heterocycles. The van der Waals surface area contributed by atoms with E-state index in [1.807, 2.05) is 0 Å². The van der Waals surface area contributed by atoms with Crippen molar-refractivity contribution in [1.29, 1.82) is 0 Å². The van der Waals surface area contributed by atoms with Crippen LogP contribution in [0.2, 0.25) is 0 Å². The zero-order valence-corrected chi connectivity index (χ0v) is 18.7. The highest BCUT2D eigenvalue weighted by Gasteiger charge is 2.33. The topological polar surface area (TPSA) is 155 Å². The van der Waals surface area contributed by atoms with Crippen LogP contribution in [0.1, 0.15) is 13.3 Å². The molecule has 0 aromatic rings. The van der Waals surface area contributed by atoms with E-state index in [9.17, 15) is 39.6 Å². The first-order valence-corrected chi connectivity index (χ1v) is 9.48. The van der Waals surface area contributed by atoms with Gasteiger partial charge >= 0.3 is 0 Å². The van der Waals surface area contributed by atoms with Crippen LogP contribution >= 0.6 is 0 Å². The molecule has 4 atom stereocenters. The Labute approximate surface area is 177 Å². The van der Waals surface area contributed by atoms with E-state index in [1.165, 1.54) is 6.92 Å². The number of aliphatic hydroxyl groups excluding tert-OH is 2. The summed E-state index contributed by atoms with van der Waals surface area (Å²) in [5.74, 6) is -8.92. The number of aliphatic hydroxyl groups is 2. The molecule has 4 unspecified atom stereocenters. The van der Waals surface area contributed by atoms with E-state index < -0.39 is 54.0 Å². The molecular formula is C20H34N2O8. The second-order valence-electron chi connectivity index (χ2n) is 9.71. The third-order valence-corrected chi connectivity index (χ3v) is 4.24. The number of nitrogens with zero attached hydrogens (tertiary/aromatic N) is 2. The summed E-state index contributed by atoms with van der Waals surface area (Å²) in [6.07, 6.45) is -2.61. The first kappa shape index (κ1) is 27.9. The fourth-order valence-electron chi connectivity index (χ4n) is 3.07. The number of aliphatic carboxylic acids is 2. The van der Waals surface area contributed by atoms with Gasteiger partial charge in [-0.05, 0) is 13.0 Å². The number of carboxylic acids is 2. The lowest BCUT2D eigenvalue weighted by Crippen LogP contribution is -2.51. The van der Waals surface area contributed by atoms with E-state index in [2.05, 4.69) is 0 Å². The van der Waals surface area contributed by atoms with Crippen molar-refractivity contribution in [2.45, 2.75) is 25.6 Å². The Bertz CT molecular complexity index is 688. The first-order valence-electron chi connectivity index (χ1n) is 9.48. The summed E-state index contributed by atoms with van der Waals surface area (Å²) >= 11 is 0. The van der Waals surface area contributed by atoms with Crippen LogP contribution in [-0.4, -0.2) is 110 Å². The van der Waals surface area contributed by atoms with Crippen molar-refractivity contribution >= 4 is 23.5 Å². The van der Waals surface area contributed by atoms with Crippen LogP contribution in [0.15, 0.2) is 11.6 Å². The van der Waals surface area contributed by atoms with Crippen LogP contribution in [0.25, 0.3) is 0 Å². The van der Waals surface area contributed by atoms with Gasteiger partial charge in [0.25, 0.3) is 0 Å². The van der Waals surface area contributed by atoms with Crippen molar-refractivity contribution < 1.29 is 48.6 Å². The molecule has 0 aliphatic heterocycles. The molecule has 172 valence electrons. The highest BCUT2D eigenvalue weighted by Crippen LogP contribution is 2.16. The van der Waals surface area contributed by atoms with Gasteiger partial charge in [0.2, 0.25) is 0 Å². The maximum absolute atomic E-state index is 12.4. The van der Waals surface area contributed by atoms with Crippen molar-refractivity contribution in [2.24, 2.45) is 11.8 Å². The minimum Gasteiger partial charge on any atom is -0.549 e. The Balaban J connectivity index is 5.45. The lowest BCUT2D eigenvalue weighted by molar-refractivity contribution is -0.873. The summed E-state index contributed by atoms with van der Waals surface area (Å²) in [6, 6.07) is 0. The molecule has 0 rings (SSSR count). The summed E-state index contributed by atoms with van der Waals surface area (Å²) in [5, 5.41) is 43.1. The molecule has 0 amide bonds. The molecule has 0 aliphatic carbocycles. The maximum Gasteiger partial charge on any atom is 0.167 e. The van der Waals surface area contributed by atoms with E-state index >= 15 is 0 Å². The number of rotatable bonds is 13. The summed E-state index contributed by atoms with van der Waals surface area (Å²) in [4.78, 5) is 47.5. The number of allylic oxidation sites excluding steroid dienone is 2. The third-order valence-electron chi connectivity index (χ3n) is 4.24. The van der Waals surface area contributed by atoms with Crippen LogP contribution in [0, 0.1) is 11.8 Å². The molecule has 0 bridgehead atoms. The van der Waals surface area contributed by atoms with Crippen molar-refractivity contribution in [3.63, 3.8) is 0 Å². The minimum absolute atomic E-state index is 0.0178. The van der Waals surface area contributed by atoms with Gasteiger partial charge in [-0.25, -0.2) is 0 Å². The van der Waals surface area contributed by atoms with Gasteiger partial charge in [0.1, 0.15) is 31.1 Å². The number of hydrogen-bond donors (Lipinski definition) is 2. The van der Waals surface area contributed by atoms with Crippen molar-refractivity contribution in [3.8, 4) is 0 Å². The number of carbonyl (C=O) groups excluding carboxylic acids is 4. The number of carboxylic acid groups (broad SMARTS) is 2. The Kier molecular flexibility index (Phi) is 9.99. The van der Waals surface area contributed by atoms with Crippen LogP contribution in [0.5, 0.6) is 0 Å². The molecule has 10 heteroatoms. The molecule has 0 spiro atoms. The number of quaternary nitrogens is 2. The van der Waals surface area contributed by atoms with Crippen LogP contribution < -0.4 is 10.2 Å². The largest absolute Gasteiger partial charge is 0.549 e. The van der Waals surface area contributed by atoms with Crippen LogP contribution in [0.4, 0.5) is 0 Å². The summed E-state index contributed by atoms with van der Waals surface area (Å²) in [7, 11) is 10.3. The van der Waals surface area contributed by atoms with Gasteiger partial charge in [-0.1, -0.05) is 5.57 Å². The Hall–Kier alpha value is -2.14. The minimum atomic E-state index is -1.83. The number of ketones is 2. The molecule has 0 aromatic heterocycles. The predicted octanol–water partition coefficient (Wildman–Crippen LogP) is -3.67. The van der Waals surface area contributed by atoms with E-state index in [0.29, 0.717) is 0 Å². The number of likely N-dealkylation sites (N-methyl/N-ethyl adjacent to an activating group) is 2. The Morgan fingerprint density at radius 1 is 0.800 bits per heavy atom. The molecule has 2 N–H and O–H groups in total. The summed E-state index contributed by atoms with van der Waals surface area (Å²) < 4.78 is 0.417. The van der Waals surface area contributed by atoms with Gasteiger partial charge < -0.3 is 39.0 Å². The molecule has 0 saturated heterocycles. The zero-order chi connectivity index (χ0) is 24.0. The normalized spacial score (nSPS) is 17.0. The lowest BCUT2D eigenvalue weighted by atomic mass is 9.90. The van der Waals surface area contributed by atoms with Gasteiger partial charge in [-0.3, -0.25) is 9.59 Å². The number of hydrogen-bond acceptors (Lipinski definition) is 8. The number of Topliss-reactive ketones (excluding diaryl/α,β-unsaturated/α-hetero) is 1. The molecule has 0 radical (unpaired) electrons. The van der Waals surface area contributed by atoms with Gasteiger partial charge in [-0.2, -0.15) is 0 Å². The molecule has 0 saturated carbocycles. The van der Waals surface area contributed by atoms with Crippen molar-refractivity contribution in [1.82, 2.24) is 0 Å². The highest BCUT2D eigenvalue weighted by atomic mass is 16.4. The van der Waals surface area contributed by atoms with E-state index in [4.69, 9.17) is 0 Å². The summed E-state index contributed by atoms with van der Waals surface area (Å²) in [6.45, 7) is 1.31. The Morgan fingerprint density at radius 2 is 1.17 bits per heavy atom. The summed E-state index contributed by atoms with van der Waals surface area (Å²) in [5.41, 5.74) is 0.0948. The molecule has 0 aromatic carbocycles. The number of carbonyl (C=O) groups is 4. The smallest absolute Gasteiger partial charge is 0.167 e. The predicted molar refractivity (Wildman–Crippen MR) is 103 cm³/mol. The second-order valence-corrected chi connectivity index (χ2v) is 9.71. The van der Waals surface area contributed by atoms with E-state index in [0.717, 1.165) is 6.08 Å². The molecule has 0 aliphatic rings. The fraction of sp³-hybridized carbons (Fsp3) is 0.700. The molecule has 0 fully saturated rings. The third kappa shape index (κ3) is 10.1. The van der Waals surface area contributed by atoms with Gasteiger partial charge in [0.05, 0.1) is 66.1 Å². The monoisotopic (exact) mass is 430 g/mol. The van der Waals surface area contributed by atoms with Crippen LogP contribution in [0.3, 0.4) is 0 Å². The maximum atomic E-state index is 12.4. The molecule has 30 heavy (non-hydrogen) atoms. The zero-order valence-electron chi connectivity index (χ0n) is 18.7. The SMILES string of the molecule is C/C(=C\C(=O)C(C(=O)[O-])C(O)C[N+](C)(C)C)CC(=O)C(C(=O)[O-])C(O)C[N+](C)(C)C. The van der Waals surface area contributed by atoms with E-state index in [1.54, 1.807) is 42.3 Å². The van der Waals surface area contributed by atoms with Crippen LogP contribution in [-0.2, 0) is 19.2 Å². The molecule has 10 nitrogen and oxygen atoms in total. The van der Waals surface area contributed by atoms with Gasteiger partial charge in [0.15, 0.2) is 5.78 Å². The standard InChI is InChI=1S/C20H34N2O8/c1-12(8-13(23)17(19(27)28)15(25)10-21(2,3)4)9-14(24)18(20(29)30)16(26)11-22(5,6)7/h8,15-18,25-26H,9-11H2,1-7H3/b12-8+. The highest BCUT2D eigenvalue weighted by molar-refractivity contribution is 6.05. The van der Waals surface area contributed by atoms with Gasteiger partial charge in [-0.15, -0.1) is 0 Å². The van der Waals surface area contributed by atoms with Crippen molar-refractivity contribution in [3.05, 3.63) is 11.6 Å². The molecular weight excluding hydrogens is 396 g/mol. The Morgan fingerprint density at radius 3 is 1.50 bits per heavy atom. The fourth-order valence-corrected chi connectivity index (χ4v) is 3.07. The average Bonchev–Trinajstić information content (AvgIpc) is 2.41. The first-order chi connectivity index (χ1) is 13.4. The van der Waals surface area contributed by atoms with E-state index in [-0.39, 0.29) is 27.6 Å².